The van der Waals surface area contributed by atoms with Crippen LogP contribution in [0.2, 0.25) is 0 Å². The number of hydrogen-bond donors (Lipinski definition) is 1. The first-order valence-corrected chi connectivity index (χ1v) is 5.57. The fourth-order valence-electron chi connectivity index (χ4n) is 1.35. The van der Waals surface area contributed by atoms with Gasteiger partial charge in [0, 0.05) is 24.7 Å². The number of aryl methyl sites for hydroxylation is 1. The van der Waals surface area contributed by atoms with Crippen molar-refractivity contribution in [3.05, 3.63) is 26.6 Å². The number of fused-ring (bicyclic) bond motifs is 1. The number of rotatable bonds is 0. The lowest BCUT2D eigenvalue weighted by Gasteiger charge is -1.98. The van der Waals surface area contributed by atoms with Crippen LogP contribution in [-0.4, -0.2) is 0 Å². The Morgan fingerprint density at radius 1 is 1.42 bits per heavy atom. The van der Waals surface area contributed by atoms with Gasteiger partial charge in [-0.05, 0) is 47.2 Å². The summed E-state index contributed by atoms with van der Waals surface area (Å²) in [5.74, 6) is 0. The summed E-state index contributed by atoms with van der Waals surface area (Å²) >= 11 is 4.12. The molecule has 0 unspecified atom stereocenters. The van der Waals surface area contributed by atoms with Crippen LogP contribution in [0.4, 0.5) is 5.69 Å². The summed E-state index contributed by atoms with van der Waals surface area (Å²) in [5, 5.41) is 3.52. The highest BCUT2D eigenvalue weighted by Crippen LogP contribution is 2.31. The van der Waals surface area contributed by atoms with E-state index in [1.165, 1.54) is 19.2 Å². The zero-order chi connectivity index (χ0) is 8.72. The van der Waals surface area contributed by atoms with Crippen LogP contribution in [0, 0.1) is 10.5 Å². The minimum absolute atomic E-state index is 0.859. The van der Waals surface area contributed by atoms with Crippen LogP contribution < -0.4 is 5.73 Å². The van der Waals surface area contributed by atoms with Crippen molar-refractivity contribution in [1.29, 1.82) is 0 Å². The van der Waals surface area contributed by atoms with Crippen molar-refractivity contribution in [3.8, 4) is 0 Å². The molecule has 0 amide bonds. The monoisotopic (exact) mass is 289 g/mol. The summed E-state index contributed by atoms with van der Waals surface area (Å²) in [7, 11) is 0. The lowest BCUT2D eigenvalue weighted by atomic mass is 10.1. The van der Waals surface area contributed by atoms with Crippen LogP contribution in [0.1, 0.15) is 5.56 Å². The van der Waals surface area contributed by atoms with E-state index in [1.807, 2.05) is 12.1 Å². The standard InChI is InChI=1S/C9H8INS/c1-5-2-6(11)3-8-9(5)7(10)4-12-8/h2-4H,11H2,1H3. The molecule has 2 N–H and O–H groups in total. The van der Waals surface area contributed by atoms with Crippen molar-refractivity contribution in [2.24, 2.45) is 0 Å². The second-order valence-electron chi connectivity index (χ2n) is 2.79. The molecule has 3 heteroatoms. The predicted molar refractivity (Wildman–Crippen MR) is 63.7 cm³/mol. The van der Waals surface area contributed by atoms with E-state index in [-0.39, 0.29) is 0 Å². The Labute approximate surface area is 88.7 Å². The van der Waals surface area contributed by atoms with Gasteiger partial charge in [-0.25, -0.2) is 0 Å². The molecule has 0 atom stereocenters. The van der Waals surface area contributed by atoms with E-state index in [1.54, 1.807) is 11.3 Å². The summed E-state index contributed by atoms with van der Waals surface area (Å²) < 4.78 is 2.61. The minimum atomic E-state index is 0.859. The Bertz CT molecular complexity index is 433. The molecule has 62 valence electrons. The first kappa shape index (κ1) is 8.31. The summed E-state index contributed by atoms with van der Waals surface area (Å²) in [5.41, 5.74) is 7.87. The maximum atomic E-state index is 5.74. The van der Waals surface area contributed by atoms with Gasteiger partial charge in [-0.1, -0.05) is 0 Å². The molecular formula is C9H8INS. The van der Waals surface area contributed by atoms with Crippen LogP contribution in [-0.2, 0) is 0 Å². The molecule has 0 aliphatic rings. The van der Waals surface area contributed by atoms with Gasteiger partial charge in [0.25, 0.3) is 0 Å². The Hall–Kier alpha value is -0.290. The Morgan fingerprint density at radius 3 is 2.92 bits per heavy atom. The van der Waals surface area contributed by atoms with Gasteiger partial charge in [0.2, 0.25) is 0 Å². The molecule has 0 saturated heterocycles. The maximum absolute atomic E-state index is 5.74. The number of benzene rings is 1. The van der Waals surface area contributed by atoms with E-state index in [0.29, 0.717) is 0 Å². The highest BCUT2D eigenvalue weighted by atomic mass is 127. The molecule has 0 aliphatic carbocycles. The zero-order valence-electron chi connectivity index (χ0n) is 6.60. The quantitative estimate of drug-likeness (QED) is 0.584. The lowest BCUT2D eigenvalue weighted by molar-refractivity contribution is 1.54. The third-order valence-corrected chi connectivity index (χ3v) is 4.05. The molecule has 1 aromatic carbocycles. The van der Waals surface area contributed by atoms with E-state index in [0.717, 1.165) is 5.69 Å². The average Bonchev–Trinajstić information content (AvgIpc) is 2.31. The summed E-state index contributed by atoms with van der Waals surface area (Å²) in [6.07, 6.45) is 0. The summed E-state index contributed by atoms with van der Waals surface area (Å²) in [6, 6.07) is 4.06. The second-order valence-corrected chi connectivity index (χ2v) is 4.87. The van der Waals surface area contributed by atoms with Crippen molar-refractivity contribution < 1.29 is 0 Å². The number of halogens is 1. The van der Waals surface area contributed by atoms with Crippen molar-refractivity contribution in [2.45, 2.75) is 6.92 Å². The lowest BCUT2D eigenvalue weighted by Crippen LogP contribution is -1.85. The van der Waals surface area contributed by atoms with Gasteiger partial charge < -0.3 is 5.73 Å². The van der Waals surface area contributed by atoms with Gasteiger partial charge in [0.1, 0.15) is 0 Å². The fraction of sp³-hybridized carbons (Fsp3) is 0.111. The maximum Gasteiger partial charge on any atom is 0.0376 e. The smallest absolute Gasteiger partial charge is 0.0376 e. The highest BCUT2D eigenvalue weighted by Gasteiger charge is 2.04. The van der Waals surface area contributed by atoms with Gasteiger partial charge >= 0.3 is 0 Å². The number of nitrogen functional groups attached to an aromatic ring is 1. The van der Waals surface area contributed by atoms with Gasteiger partial charge in [0.05, 0.1) is 0 Å². The summed E-state index contributed by atoms with van der Waals surface area (Å²) in [4.78, 5) is 0. The number of anilines is 1. The number of thiophene rings is 1. The van der Waals surface area contributed by atoms with E-state index in [2.05, 4.69) is 34.9 Å². The Kier molecular flexibility index (Phi) is 2.00. The van der Waals surface area contributed by atoms with Crippen molar-refractivity contribution >= 4 is 49.7 Å². The molecule has 0 saturated carbocycles. The molecule has 0 radical (unpaired) electrons. The topological polar surface area (TPSA) is 26.0 Å². The molecule has 1 nitrogen and oxygen atoms in total. The third kappa shape index (κ3) is 1.21. The molecule has 12 heavy (non-hydrogen) atoms. The van der Waals surface area contributed by atoms with Crippen LogP contribution in [0.15, 0.2) is 17.5 Å². The van der Waals surface area contributed by atoms with Crippen LogP contribution in [0.3, 0.4) is 0 Å². The predicted octanol–water partition coefficient (Wildman–Crippen LogP) is 3.40. The molecular weight excluding hydrogens is 281 g/mol. The van der Waals surface area contributed by atoms with Crippen molar-refractivity contribution in [2.75, 3.05) is 5.73 Å². The SMILES string of the molecule is Cc1cc(N)cc2scc(I)c12. The average molecular weight is 289 g/mol. The Balaban J connectivity index is 2.93. The van der Waals surface area contributed by atoms with E-state index in [4.69, 9.17) is 5.73 Å². The minimum Gasteiger partial charge on any atom is -0.399 e. The van der Waals surface area contributed by atoms with Gasteiger partial charge in [0.15, 0.2) is 0 Å². The fourth-order valence-corrected chi connectivity index (χ4v) is 3.58. The molecule has 0 aliphatic heterocycles. The number of nitrogens with two attached hydrogens (primary N) is 1. The molecule has 0 bridgehead atoms. The van der Waals surface area contributed by atoms with Crippen LogP contribution in [0.5, 0.6) is 0 Å². The zero-order valence-corrected chi connectivity index (χ0v) is 9.57. The van der Waals surface area contributed by atoms with Crippen molar-refractivity contribution in [3.63, 3.8) is 0 Å². The van der Waals surface area contributed by atoms with E-state index in [9.17, 15) is 0 Å². The van der Waals surface area contributed by atoms with Gasteiger partial charge in [-0.2, -0.15) is 0 Å². The molecule has 0 spiro atoms. The normalized spacial score (nSPS) is 10.8. The van der Waals surface area contributed by atoms with Crippen molar-refractivity contribution in [1.82, 2.24) is 0 Å². The first-order valence-electron chi connectivity index (χ1n) is 3.61. The van der Waals surface area contributed by atoms with Crippen LogP contribution in [0.25, 0.3) is 10.1 Å². The van der Waals surface area contributed by atoms with Gasteiger partial charge in [-0.15, -0.1) is 11.3 Å². The van der Waals surface area contributed by atoms with E-state index >= 15 is 0 Å². The Morgan fingerprint density at radius 2 is 2.17 bits per heavy atom. The van der Waals surface area contributed by atoms with Crippen LogP contribution >= 0.6 is 33.9 Å². The largest absolute Gasteiger partial charge is 0.399 e. The second kappa shape index (κ2) is 2.88. The molecule has 1 aromatic heterocycles. The molecule has 2 rings (SSSR count). The third-order valence-electron chi connectivity index (χ3n) is 1.85. The molecule has 1 heterocycles. The van der Waals surface area contributed by atoms with E-state index < -0.39 is 0 Å². The first-order chi connectivity index (χ1) is 5.68. The molecule has 0 fully saturated rings. The number of hydrogen-bond acceptors (Lipinski definition) is 2. The summed E-state index contributed by atoms with van der Waals surface area (Å²) in [6.45, 7) is 2.10. The highest BCUT2D eigenvalue weighted by molar-refractivity contribution is 14.1. The molecule has 2 aromatic rings. The van der Waals surface area contributed by atoms with Gasteiger partial charge in [-0.3, -0.25) is 0 Å².